The molecule has 0 bridgehead atoms. The molecule has 27 heavy (non-hydrogen) atoms. The van der Waals surface area contributed by atoms with E-state index in [1.54, 1.807) is 0 Å². The predicted molar refractivity (Wildman–Crippen MR) is 112 cm³/mol. The second kappa shape index (κ2) is 22.7. The number of hydrogen-bond donors (Lipinski definition) is 0. The van der Waals surface area contributed by atoms with E-state index in [1.165, 1.54) is 5.56 Å². The zero-order valence-corrected chi connectivity index (χ0v) is 20.2. The van der Waals surface area contributed by atoms with Gasteiger partial charge in [-0.3, -0.25) is 0 Å². The quantitative estimate of drug-likeness (QED) is 0.606. The van der Waals surface area contributed by atoms with Gasteiger partial charge in [0.1, 0.15) is 0 Å². The van der Waals surface area contributed by atoms with E-state index >= 15 is 0 Å². The summed E-state index contributed by atoms with van der Waals surface area (Å²) in [6.07, 6.45) is 4.66. The molecular weight excluding hydrogens is 343 g/mol. The second-order valence-corrected chi connectivity index (χ2v) is 5.59. The summed E-state index contributed by atoms with van der Waals surface area (Å²) in [5.74, 6) is -0.333. The summed E-state index contributed by atoms with van der Waals surface area (Å²) >= 11 is 0. The van der Waals surface area contributed by atoms with E-state index in [4.69, 9.17) is 0 Å². The molecule has 0 N–H and O–H groups in total. The van der Waals surface area contributed by atoms with Gasteiger partial charge in [-0.25, -0.2) is 0 Å². The third-order valence-electron chi connectivity index (χ3n) is 3.26. The van der Waals surface area contributed by atoms with Crippen molar-refractivity contribution >= 4 is 5.97 Å². The molecular formula is C24H35NaO2. The van der Waals surface area contributed by atoms with Crippen LogP contribution >= 0.6 is 0 Å². The number of rotatable bonds is 4. The van der Waals surface area contributed by atoms with Crippen molar-refractivity contribution in [1.29, 1.82) is 0 Å². The molecule has 0 aliphatic carbocycles. The first-order chi connectivity index (χ1) is 12.5. The molecule has 0 atom stereocenters. The molecule has 2 aromatic carbocycles. The van der Waals surface area contributed by atoms with Gasteiger partial charge in [0.25, 0.3) is 0 Å². The van der Waals surface area contributed by atoms with Gasteiger partial charge in [0.2, 0.25) is 0 Å². The number of benzene rings is 2. The Bertz CT molecular complexity index is 559. The number of aliphatic carboxylic acids is 1. The third kappa shape index (κ3) is 20.8. The van der Waals surface area contributed by atoms with E-state index in [0.29, 0.717) is 12.3 Å². The fourth-order valence-electron chi connectivity index (χ4n) is 1.73. The first kappa shape index (κ1) is 30.4. The Labute approximate surface area is 189 Å². The van der Waals surface area contributed by atoms with E-state index < -0.39 is 5.97 Å². The van der Waals surface area contributed by atoms with Crippen LogP contribution in [0.15, 0.2) is 72.8 Å². The molecule has 2 rings (SSSR count). The van der Waals surface area contributed by atoms with Gasteiger partial charge >= 0.3 is 29.6 Å². The van der Waals surface area contributed by atoms with Crippen LogP contribution in [0.1, 0.15) is 65.0 Å². The van der Waals surface area contributed by atoms with Crippen LogP contribution in [-0.4, -0.2) is 5.97 Å². The summed E-state index contributed by atoms with van der Waals surface area (Å²) in [6, 6.07) is 20.0. The molecule has 0 amide bonds. The third-order valence-corrected chi connectivity index (χ3v) is 3.26. The van der Waals surface area contributed by atoms with Gasteiger partial charge in [-0.1, -0.05) is 101 Å². The normalized spacial score (nSPS) is 8.85. The number of aryl methyl sites for hydroxylation is 1. The molecule has 144 valence electrons. The van der Waals surface area contributed by atoms with Crippen molar-refractivity contribution in [2.45, 2.75) is 60.3 Å². The summed E-state index contributed by atoms with van der Waals surface area (Å²) in [5.41, 5.74) is 2.45. The Kier molecular flexibility index (Phi) is 25.5. The maximum Gasteiger partial charge on any atom is 1.00 e. The van der Waals surface area contributed by atoms with Crippen molar-refractivity contribution in [2.24, 2.45) is 0 Å². The topological polar surface area (TPSA) is 40.1 Å². The van der Waals surface area contributed by atoms with Crippen LogP contribution in [0.25, 0.3) is 0 Å². The number of carbonyl (C=O) groups excluding carboxylic acids is 1. The minimum absolute atomic E-state index is 0. The molecule has 0 aromatic heterocycles. The van der Waals surface area contributed by atoms with Gasteiger partial charge in [-0.05, 0) is 43.7 Å². The van der Waals surface area contributed by atoms with E-state index in [0.717, 1.165) is 5.56 Å². The van der Waals surface area contributed by atoms with E-state index in [9.17, 15) is 9.90 Å². The van der Waals surface area contributed by atoms with Crippen LogP contribution in [0.5, 0.6) is 0 Å². The fourth-order valence-corrected chi connectivity index (χ4v) is 1.73. The monoisotopic (exact) mass is 378 g/mol. The molecule has 0 heterocycles. The molecule has 0 radical (unpaired) electrons. The number of allylic oxidation sites excluding steroid dienone is 2. The largest absolute Gasteiger partial charge is 1.00 e. The minimum Gasteiger partial charge on any atom is -0.550 e. The molecule has 2 aromatic rings. The van der Waals surface area contributed by atoms with E-state index in [2.05, 4.69) is 38.1 Å². The Morgan fingerprint density at radius 3 is 1.59 bits per heavy atom. The molecule has 0 unspecified atom stereocenters. The molecule has 0 fully saturated rings. The van der Waals surface area contributed by atoms with Crippen molar-refractivity contribution < 1.29 is 39.5 Å². The zero-order valence-electron chi connectivity index (χ0n) is 18.2. The predicted octanol–water partition coefficient (Wildman–Crippen LogP) is 2.79. The molecule has 0 aliphatic heterocycles. The second-order valence-electron chi connectivity index (χ2n) is 5.59. The van der Waals surface area contributed by atoms with Gasteiger partial charge < -0.3 is 9.90 Å². The number of hydrogen-bond acceptors (Lipinski definition) is 2. The van der Waals surface area contributed by atoms with Crippen LogP contribution in [-0.2, 0) is 11.2 Å². The first-order valence-corrected chi connectivity index (χ1v) is 9.37. The number of carboxylic acids is 1. The van der Waals surface area contributed by atoms with Gasteiger partial charge in [-0.2, -0.15) is 0 Å². The van der Waals surface area contributed by atoms with Crippen molar-refractivity contribution in [1.82, 2.24) is 0 Å². The molecule has 0 aliphatic rings. The first-order valence-electron chi connectivity index (χ1n) is 9.37. The summed E-state index contributed by atoms with van der Waals surface area (Å²) in [6.45, 7) is 12.4. The number of carbonyl (C=O) groups is 1. The molecule has 0 saturated carbocycles. The maximum absolute atomic E-state index is 10.1. The summed E-state index contributed by atoms with van der Waals surface area (Å²) in [7, 11) is 0. The van der Waals surface area contributed by atoms with Crippen LogP contribution in [0.3, 0.4) is 0 Å². The smallest absolute Gasteiger partial charge is 0.550 e. The summed E-state index contributed by atoms with van der Waals surface area (Å²) < 4.78 is 0. The fraction of sp³-hybridized carbons (Fsp3) is 0.375. The van der Waals surface area contributed by atoms with E-state index in [-0.39, 0.29) is 36.0 Å². The van der Waals surface area contributed by atoms with Gasteiger partial charge in [0.15, 0.2) is 0 Å². The average molecular weight is 379 g/mol. The van der Waals surface area contributed by atoms with Crippen LogP contribution in [0.4, 0.5) is 0 Å². The van der Waals surface area contributed by atoms with E-state index in [1.807, 2.05) is 76.2 Å². The zero-order chi connectivity index (χ0) is 20.2. The molecule has 2 nitrogen and oxygen atoms in total. The van der Waals surface area contributed by atoms with Crippen LogP contribution in [0.2, 0.25) is 0 Å². The van der Waals surface area contributed by atoms with Crippen molar-refractivity contribution in [3.63, 3.8) is 0 Å². The SMILES string of the molecule is CC.CC(C)c1ccccc1.CC=CC.O=C([O-])CCc1ccccc1.[Na+]. The van der Waals surface area contributed by atoms with Gasteiger partial charge in [0.05, 0.1) is 0 Å². The Balaban J connectivity index is -0.000000326. The van der Waals surface area contributed by atoms with Crippen molar-refractivity contribution in [2.75, 3.05) is 0 Å². The van der Waals surface area contributed by atoms with Crippen LogP contribution < -0.4 is 34.7 Å². The Morgan fingerprint density at radius 1 is 0.889 bits per heavy atom. The van der Waals surface area contributed by atoms with Gasteiger partial charge in [-0.15, -0.1) is 0 Å². The van der Waals surface area contributed by atoms with Crippen LogP contribution in [0, 0.1) is 0 Å². The molecule has 3 heteroatoms. The summed E-state index contributed by atoms with van der Waals surface area (Å²) in [5, 5.41) is 10.1. The maximum atomic E-state index is 10.1. The Morgan fingerprint density at radius 2 is 1.30 bits per heavy atom. The Hall–Kier alpha value is -1.35. The van der Waals surface area contributed by atoms with Crippen molar-refractivity contribution in [3.8, 4) is 0 Å². The summed E-state index contributed by atoms with van der Waals surface area (Å²) in [4.78, 5) is 10.1. The minimum atomic E-state index is -0.992. The molecule has 0 saturated heterocycles. The van der Waals surface area contributed by atoms with Gasteiger partial charge in [0, 0.05) is 5.97 Å². The standard InChI is InChI=1S/C9H10O2.C9H12.C4H8.C2H6.Na/c10-9(11)7-6-8-4-2-1-3-5-8;1-8(2)9-6-4-3-5-7-9;1-3-4-2;1-2;/h1-5H,6-7H2,(H,10,11);3-8H,1-2H3;3-4H,1-2H3;1-2H3;/q;;;;+1/p-1. The average Bonchev–Trinajstić information content (AvgIpc) is 2.70. The number of carboxylic acid groups (broad SMARTS) is 1. The molecule has 0 spiro atoms. The van der Waals surface area contributed by atoms with Crippen molar-refractivity contribution in [3.05, 3.63) is 83.9 Å².